The Hall–Kier alpha value is -1.15. The summed E-state index contributed by atoms with van der Waals surface area (Å²) in [6.07, 6.45) is 5.19. The lowest BCUT2D eigenvalue weighted by molar-refractivity contribution is -0.107. The lowest BCUT2D eigenvalue weighted by Crippen LogP contribution is -1.77. The fourth-order valence-corrected chi connectivity index (χ4v) is 1.06. The first kappa shape index (κ1) is 18.2. The van der Waals surface area contributed by atoms with Gasteiger partial charge in [-0.3, -0.25) is 0 Å². The molecule has 0 unspecified atom stereocenters. The van der Waals surface area contributed by atoms with E-state index < -0.39 is 0 Å². The van der Waals surface area contributed by atoms with Crippen molar-refractivity contribution in [2.45, 2.75) is 53.1 Å². The highest BCUT2D eigenvalue weighted by atomic mass is 16.3. The maximum atomic E-state index is 9.68. The van der Waals surface area contributed by atoms with Crippen LogP contribution in [0.1, 0.15) is 52.0 Å². The Bertz CT molecular complexity index is 232. The van der Waals surface area contributed by atoms with Gasteiger partial charge in [0, 0.05) is 6.42 Å². The Labute approximate surface area is 106 Å². The minimum absolute atomic E-state index is 0.140. The minimum Gasteiger partial charge on any atom is -0.392 e. The third-order valence-electron chi connectivity index (χ3n) is 1.95. The Morgan fingerprint density at radius 3 is 2.06 bits per heavy atom. The van der Waals surface area contributed by atoms with Gasteiger partial charge in [0.05, 0.1) is 6.61 Å². The molecule has 1 N–H and O–H groups in total. The number of rotatable bonds is 5. The molecule has 2 nitrogen and oxygen atoms in total. The van der Waals surface area contributed by atoms with Crippen LogP contribution in [0.3, 0.4) is 0 Å². The van der Waals surface area contributed by atoms with Crippen LogP contribution in [0, 0.1) is 0 Å². The van der Waals surface area contributed by atoms with Gasteiger partial charge in [0.15, 0.2) is 0 Å². The van der Waals surface area contributed by atoms with Gasteiger partial charge >= 0.3 is 0 Å². The van der Waals surface area contributed by atoms with E-state index in [2.05, 4.69) is 6.92 Å². The Balaban J connectivity index is 0. The number of aldehydes is 1. The molecule has 2 heteroatoms. The molecule has 0 saturated heterocycles. The van der Waals surface area contributed by atoms with Gasteiger partial charge in [-0.1, -0.05) is 63.9 Å². The maximum absolute atomic E-state index is 9.68. The van der Waals surface area contributed by atoms with Gasteiger partial charge < -0.3 is 9.90 Å². The van der Waals surface area contributed by atoms with Crippen LogP contribution in [-0.4, -0.2) is 11.4 Å². The van der Waals surface area contributed by atoms with Crippen LogP contribution >= 0.6 is 0 Å². The van der Waals surface area contributed by atoms with Gasteiger partial charge in [0.1, 0.15) is 6.29 Å². The van der Waals surface area contributed by atoms with Gasteiger partial charge in [-0.05, 0) is 12.0 Å². The second kappa shape index (κ2) is 17.3. The molecule has 0 heterocycles. The zero-order chi connectivity index (χ0) is 13.4. The number of aliphatic hydroxyl groups is 1. The first-order valence-electron chi connectivity index (χ1n) is 6.43. The van der Waals surface area contributed by atoms with E-state index in [9.17, 15) is 4.79 Å². The molecule has 1 rings (SSSR count). The lowest BCUT2D eigenvalue weighted by atomic mass is 10.2. The molecule has 1 aromatic rings. The highest BCUT2D eigenvalue weighted by Gasteiger charge is 1.81. The number of benzene rings is 1. The summed E-state index contributed by atoms with van der Waals surface area (Å²) in [6.45, 7) is 6.27. The van der Waals surface area contributed by atoms with E-state index in [4.69, 9.17) is 5.11 Å². The number of hydrogen-bond acceptors (Lipinski definition) is 2. The van der Waals surface area contributed by atoms with Crippen LogP contribution in [-0.2, 0) is 11.4 Å². The summed E-state index contributed by atoms with van der Waals surface area (Å²) in [4.78, 5) is 9.68. The van der Waals surface area contributed by atoms with Crippen molar-refractivity contribution < 1.29 is 9.90 Å². The van der Waals surface area contributed by atoms with Crippen molar-refractivity contribution in [1.29, 1.82) is 0 Å². The Kier molecular flexibility index (Phi) is 18.5. The lowest BCUT2D eigenvalue weighted by Gasteiger charge is -1.89. The zero-order valence-corrected chi connectivity index (χ0v) is 11.4. The van der Waals surface area contributed by atoms with Crippen LogP contribution < -0.4 is 0 Å². The van der Waals surface area contributed by atoms with Crippen molar-refractivity contribution in [2.75, 3.05) is 0 Å². The van der Waals surface area contributed by atoms with Crippen LogP contribution in [0.5, 0.6) is 0 Å². The van der Waals surface area contributed by atoms with Crippen LogP contribution in [0.4, 0.5) is 0 Å². The molecule has 0 aliphatic rings. The van der Waals surface area contributed by atoms with Crippen LogP contribution in [0.2, 0.25) is 0 Å². The molecule has 0 atom stereocenters. The molecule has 0 bridgehead atoms. The molecule has 0 aliphatic heterocycles. The topological polar surface area (TPSA) is 37.3 Å². The number of unbranched alkanes of at least 4 members (excludes halogenated alkanes) is 3. The van der Waals surface area contributed by atoms with Crippen molar-refractivity contribution in [3.05, 3.63) is 35.9 Å². The van der Waals surface area contributed by atoms with Crippen LogP contribution in [0.25, 0.3) is 0 Å². The standard InChI is InChI=1S/C7H8O.C6H12O.C2H6/c8-6-7-4-2-1-3-5-7;1-2-3-4-5-6-7;1-2/h1-5,8H,6H2;6H,2-5H2,1H3;1-2H3. The fourth-order valence-electron chi connectivity index (χ4n) is 1.06. The second-order valence-corrected chi connectivity index (χ2v) is 3.31. The predicted octanol–water partition coefficient (Wildman–Crippen LogP) is 3.97. The maximum Gasteiger partial charge on any atom is 0.119 e. The summed E-state index contributed by atoms with van der Waals surface area (Å²) in [7, 11) is 0. The molecule has 0 fully saturated rings. The minimum atomic E-state index is 0.140. The second-order valence-electron chi connectivity index (χ2n) is 3.31. The van der Waals surface area contributed by atoms with Gasteiger partial charge in [0.25, 0.3) is 0 Å². The Morgan fingerprint density at radius 2 is 1.71 bits per heavy atom. The van der Waals surface area contributed by atoms with Crippen molar-refractivity contribution in [2.24, 2.45) is 0 Å². The number of carbonyl (C=O) groups is 1. The molecule has 17 heavy (non-hydrogen) atoms. The van der Waals surface area contributed by atoms with E-state index in [0.717, 1.165) is 24.7 Å². The van der Waals surface area contributed by atoms with Gasteiger partial charge in [-0.15, -0.1) is 0 Å². The summed E-state index contributed by atoms with van der Waals surface area (Å²) in [5.74, 6) is 0. The third kappa shape index (κ3) is 14.8. The quantitative estimate of drug-likeness (QED) is 0.622. The number of hydrogen-bond donors (Lipinski definition) is 1. The molecule has 98 valence electrons. The summed E-state index contributed by atoms with van der Waals surface area (Å²) in [5.41, 5.74) is 0.965. The largest absolute Gasteiger partial charge is 0.392 e. The van der Waals surface area contributed by atoms with Crippen LogP contribution in [0.15, 0.2) is 30.3 Å². The molecule has 0 aliphatic carbocycles. The predicted molar refractivity (Wildman–Crippen MR) is 73.9 cm³/mol. The highest BCUT2D eigenvalue weighted by Crippen LogP contribution is 1.95. The Morgan fingerprint density at radius 1 is 1.12 bits per heavy atom. The fraction of sp³-hybridized carbons (Fsp3) is 0.533. The summed E-state index contributed by atoms with van der Waals surface area (Å²) in [5, 5.41) is 8.54. The van der Waals surface area contributed by atoms with E-state index in [-0.39, 0.29) is 6.61 Å². The first-order chi connectivity index (χ1) is 8.35. The monoisotopic (exact) mass is 238 g/mol. The molecular formula is C15H26O2. The average Bonchev–Trinajstić information content (AvgIpc) is 2.43. The summed E-state index contributed by atoms with van der Waals surface area (Å²) < 4.78 is 0. The molecule has 0 aromatic heterocycles. The van der Waals surface area contributed by atoms with E-state index in [1.165, 1.54) is 12.8 Å². The number of carbonyl (C=O) groups excluding carboxylic acids is 1. The molecule has 0 radical (unpaired) electrons. The molecule has 0 saturated carbocycles. The zero-order valence-electron chi connectivity index (χ0n) is 11.4. The molecule has 0 spiro atoms. The van der Waals surface area contributed by atoms with Crippen molar-refractivity contribution in [3.63, 3.8) is 0 Å². The normalized spacial score (nSPS) is 8.24. The van der Waals surface area contributed by atoms with Gasteiger partial charge in [-0.25, -0.2) is 0 Å². The molecule has 1 aromatic carbocycles. The van der Waals surface area contributed by atoms with Crippen molar-refractivity contribution >= 4 is 6.29 Å². The smallest absolute Gasteiger partial charge is 0.119 e. The van der Waals surface area contributed by atoms with Gasteiger partial charge in [0.2, 0.25) is 0 Å². The van der Waals surface area contributed by atoms with E-state index >= 15 is 0 Å². The third-order valence-corrected chi connectivity index (χ3v) is 1.95. The van der Waals surface area contributed by atoms with Crippen molar-refractivity contribution in [1.82, 2.24) is 0 Å². The summed E-state index contributed by atoms with van der Waals surface area (Å²) in [6, 6.07) is 9.52. The van der Waals surface area contributed by atoms with E-state index in [1.807, 2.05) is 44.2 Å². The number of aliphatic hydroxyl groups excluding tert-OH is 1. The van der Waals surface area contributed by atoms with E-state index in [1.54, 1.807) is 0 Å². The SMILES string of the molecule is CC.CCCCCC=O.OCc1ccccc1. The van der Waals surface area contributed by atoms with E-state index in [0.29, 0.717) is 0 Å². The summed E-state index contributed by atoms with van der Waals surface area (Å²) >= 11 is 0. The molecule has 0 amide bonds. The van der Waals surface area contributed by atoms with Gasteiger partial charge in [-0.2, -0.15) is 0 Å². The highest BCUT2D eigenvalue weighted by molar-refractivity contribution is 5.48. The van der Waals surface area contributed by atoms with Crippen molar-refractivity contribution in [3.8, 4) is 0 Å². The molecular weight excluding hydrogens is 212 g/mol. The average molecular weight is 238 g/mol. The first-order valence-corrected chi connectivity index (χ1v) is 6.43.